The first-order valence-corrected chi connectivity index (χ1v) is 6.46. The van der Waals surface area contributed by atoms with Gasteiger partial charge in [0.05, 0.1) is 18.5 Å². The van der Waals surface area contributed by atoms with E-state index in [9.17, 15) is 9.50 Å². The van der Waals surface area contributed by atoms with Crippen LogP contribution in [0.3, 0.4) is 0 Å². The van der Waals surface area contributed by atoms with Crippen molar-refractivity contribution in [2.45, 2.75) is 6.61 Å². The van der Waals surface area contributed by atoms with Gasteiger partial charge in [-0.25, -0.2) is 13.7 Å². The number of aromatic nitrogens is 3. The van der Waals surface area contributed by atoms with E-state index in [2.05, 4.69) is 9.36 Å². The summed E-state index contributed by atoms with van der Waals surface area (Å²) in [6, 6.07) is 4.29. The van der Waals surface area contributed by atoms with Gasteiger partial charge in [0, 0.05) is 28.9 Å². The first-order valence-electron chi connectivity index (χ1n) is 5.62. The first kappa shape index (κ1) is 12.0. The minimum Gasteiger partial charge on any atom is -0.392 e. The van der Waals surface area contributed by atoms with Gasteiger partial charge in [-0.15, -0.1) is 0 Å². The molecule has 0 unspecified atom stereocenters. The van der Waals surface area contributed by atoms with Gasteiger partial charge in [0.25, 0.3) is 0 Å². The summed E-state index contributed by atoms with van der Waals surface area (Å²) in [5, 5.41) is 11.2. The van der Waals surface area contributed by atoms with Gasteiger partial charge in [0.2, 0.25) is 0 Å². The molecule has 2 heterocycles. The smallest absolute Gasteiger partial charge is 0.146 e. The van der Waals surface area contributed by atoms with Gasteiger partial charge < -0.3 is 5.11 Å². The summed E-state index contributed by atoms with van der Waals surface area (Å²) in [6.45, 7) is -0.158. The van der Waals surface area contributed by atoms with Crippen LogP contribution in [0.4, 0.5) is 4.39 Å². The topological polar surface area (TPSA) is 50.9 Å². The van der Waals surface area contributed by atoms with Crippen LogP contribution in [0.25, 0.3) is 17.1 Å². The minimum absolute atomic E-state index is 0.158. The molecule has 0 saturated carbocycles. The molecule has 0 saturated heterocycles. The van der Waals surface area contributed by atoms with Crippen molar-refractivity contribution in [2.24, 2.45) is 0 Å². The second kappa shape index (κ2) is 4.91. The van der Waals surface area contributed by atoms with E-state index < -0.39 is 0 Å². The predicted octanol–water partition coefficient (Wildman–Crippen LogP) is 2.63. The summed E-state index contributed by atoms with van der Waals surface area (Å²) in [5.41, 5.74) is 2.09. The molecule has 0 aliphatic rings. The van der Waals surface area contributed by atoms with Gasteiger partial charge in [-0.3, -0.25) is 4.57 Å². The second-order valence-corrected chi connectivity index (χ2v) is 4.62. The number of aliphatic hydroxyl groups excluding tert-OH is 1. The molecular formula is C13H10FN3OS. The van der Waals surface area contributed by atoms with E-state index in [-0.39, 0.29) is 12.4 Å². The van der Waals surface area contributed by atoms with Gasteiger partial charge in [-0.2, -0.15) is 0 Å². The lowest BCUT2D eigenvalue weighted by atomic mass is 10.1. The van der Waals surface area contributed by atoms with E-state index in [1.54, 1.807) is 29.2 Å². The Kier molecular flexibility index (Phi) is 3.10. The number of hydrogen-bond acceptors (Lipinski definition) is 4. The summed E-state index contributed by atoms with van der Waals surface area (Å²) in [4.78, 5) is 4.27. The Hall–Kier alpha value is -2.05. The number of imidazole rings is 1. The number of nitrogens with zero attached hydrogens (tertiary/aromatic N) is 3. The molecule has 96 valence electrons. The van der Waals surface area contributed by atoms with Crippen molar-refractivity contribution in [3.63, 3.8) is 0 Å². The lowest BCUT2D eigenvalue weighted by Gasteiger charge is -2.11. The monoisotopic (exact) mass is 275 g/mol. The van der Waals surface area contributed by atoms with Crippen LogP contribution in [0.15, 0.2) is 42.2 Å². The van der Waals surface area contributed by atoms with Gasteiger partial charge >= 0.3 is 0 Å². The van der Waals surface area contributed by atoms with E-state index >= 15 is 0 Å². The highest BCUT2D eigenvalue weighted by atomic mass is 32.1. The maximum atomic E-state index is 13.4. The largest absolute Gasteiger partial charge is 0.392 e. The Labute approximate surface area is 113 Å². The van der Waals surface area contributed by atoms with Crippen molar-refractivity contribution in [3.05, 3.63) is 53.6 Å². The van der Waals surface area contributed by atoms with E-state index in [1.165, 1.54) is 23.7 Å². The quantitative estimate of drug-likeness (QED) is 0.799. The fourth-order valence-electron chi connectivity index (χ4n) is 1.92. The highest BCUT2D eigenvalue weighted by Crippen LogP contribution is 2.25. The summed E-state index contributed by atoms with van der Waals surface area (Å²) < 4.78 is 19.2. The lowest BCUT2D eigenvalue weighted by molar-refractivity contribution is 0.281. The van der Waals surface area contributed by atoms with Gasteiger partial charge in [0.15, 0.2) is 0 Å². The molecule has 0 radical (unpaired) electrons. The normalized spacial score (nSPS) is 10.8. The van der Waals surface area contributed by atoms with Crippen LogP contribution >= 0.6 is 11.5 Å². The average Bonchev–Trinajstić information content (AvgIpc) is 3.09. The van der Waals surface area contributed by atoms with Crippen molar-refractivity contribution in [3.8, 4) is 17.1 Å². The first-order chi connectivity index (χ1) is 9.29. The maximum Gasteiger partial charge on any atom is 0.146 e. The van der Waals surface area contributed by atoms with Crippen LogP contribution in [0.1, 0.15) is 5.56 Å². The molecule has 19 heavy (non-hydrogen) atoms. The summed E-state index contributed by atoms with van der Waals surface area (Å²) in [5.74, 6) is 0.323. The van der Waals surface area contributed by atoms with Crippen LogP contribution in [0, 0.1) is 5.82 Å². The van der Waals surface area contributed by atoms with Crippen molar-refractivity contribution in [1.29, 1.82) is 0 Å². The van der Waals surface area contributed by atoms with Gasteiger partial charge in [0.1, 0.15) is 11.6 Å². The molecule has 0 aliphatic carbocycles. The Morgan fingerprint density at radius 1 is 1.37 bits per heavy atom. The third-order valence-electron chi connectivity index (χ3n) is 2.81. The number of benzene rings is 1. The predicted molar refractivity (Wildman–Crippen MR) is 70.6 cm³/mol. The number of aliphatic hydroxyl groups is 1. The third kappa shape index (κ3) is 2.16. The molecule has 1 N–H and O–H groups in total. The lowest BCUT2D eigenvalue weighted by Crippen LogP contribution is -2.01. The summed E-state index contributed by atoms with van der Waals surface area (Å²) in [6.07, 6.45) is 5.08. The Morgan fingerprint density at radius 2 is 2.26 bits per heavy atom. The summed E-state index contributed by atoms with van der Waals surface area (Å²) in [7, 11) is 0. The summed E-state index contributed by atoms with van der Waals surface area (Å²) >= 11 is 1.33. The van der Waals surface area contributed by atoms with E-state index in [0.29, 0.717) is 17.1 Å². The van der Waals surface area contributed by atoms with Crippen molar-refractivity contribution < 1.29 is 9.50 Å². The Balaban J connectivity index is 2.18. The SMILES string of the molecule is OCc1ccc(F)cc1-n1ccnc1-c1cnsc1. The van der Waals surface area contributed by atoms with Crippen molar-refractivity contribution >= 4 is 11.5 Å². The molecule has 4 nitrogen and oxygen atoms in total. The second-order valence-electron chi connectivity index (χ2n) is 3.97. The number of rotatable bonds is 3. The molecule has 0 atom stereocenters. The molecule has 0 bridgehead atoms. The zero-order valence-corrected chi connectivity index (χ0v) is 10.6. The fourth-order valence-corrected chi connectivity index (χ4v) is 2.44. The van der Waals surface area contributed by atoms with Crippen molar-refractivity contribution in [1.82, 2.24) is 13.9 Å². The Bertz CT molecular complexity index is 694. The highest BCUT2D eigenvalue weighted by Gasteiger charge is 2.12. The van der Waals surface area contributed by atoms with E-state index in [0.717, 1.165) is 5.56 Å². The molecule has 0 spiro atoms. The molecule has 0 amide bonds. The Morgan fingerprint density at radius 3 is 3.00 bits per heavy atom. The van der Waals surface area contributed by atoms with E-state index in [1.807, 2.05) is 5.38 Å². The molecular weight excluding hydrogens is 265 g/mol. The molecule has 0 fully saturated rings. The van der Waals surface area contributed by atoms with Crippen LogP contribution in [-0.2, 0) is 6.61 Å². The standard InChI is InChI=1S/C13H10FN3OS/c14-11-2-1-9(7-18)12(5-11)17-4-3-15-13(17)10-6-16-19-8-10/h1-6,8,18H,7H2. The van der Waals surface area contributed by atoms with Crippen LogP contribution < -0.4 is 0 Å². The van der Waals surface area contributed by atoms with Crippen LogP contribution in [0.2, 0.25) is 0 Å². The molecule has 2 aromatic heterocycles. The highest BCUT2D eigenvalue weighted by molar-refractivity contribution is 7.03. The zero-order valence-electron chi connectivity index (χ0n) is 9.82. The molecule has 3 aromatic rings. The van der Waals surface area contributed by atoms with Crippen LogP contribution in [-0.4, -0.2) is 19.0 Å². The van der Waals surface area contributed by atoms with Crippen LogP contribution in [0.5, 0.6) is 0 Å². The zero-order chi connectivity index (χ0) is 13.2. The molecule has 1 aromatic carbocycles. The fraction of sp³-hybridized carbons (Fsp3) is 0.0769. The van der Waals surface area contributed by atoms with Gasteiger partial charge in [-0.05, 0) is 23.7 Å². The molecule has 0 aliphatic heterocycles. The van der Waals surface area contributed by atoms with Crippen molar-refractivity contribution in [2.75, 3.05) is 0 Å². The van der Waals surface area contributed by atoms with Gasteiger partial charge in [-0.1, -0.05) is 6.07 Å². The average molecular weight is 275 g/mol. The molecule has 3 rings (SSSR count). The number of halogens is 1. The van der Waals surface area contributed by atoms with E-state index in [4.69, 9.17) is 0 Å². The number of hydrogen-bond donors (Lipinski definition) is 1. The molecule has 6 heteroatoms. The minimum atomic E-state index is -0.352. The third-order valence-corrected chi connectivity index (χ3v) is 3.39. The maximum absolute atomic E-state index is 13.4.